The van der Waals surface area contributed by atoms with Crippen molar-refractivity contribution in [2.75, 3.05) is 4.90 Å². The van der Waals surface area contributed by atoms with Crippen molar-refractivity contribution in [3.63, 3.8) is 0 Å². The lowest BCUT2D eigenvalue weighted by atomic mass is 10.0. The van der Waals surface area contributed by atoms with Crippen LogP contribution >= 0.6 is 0 Å². The Kier molecular flexibility index (Phi) is 6.33. The number of benzene rings is 1. The Morgan fingerprint density at radius 2 is 1.83 bits per heavy atom. The van der Waals surface area contributed by atoms with Crippen molar-refractivity contribution in [2.45, 2.75) is 52.5 Å². The lowest BCUT2D eigenvalue weighted by Crippen LogP contribution is -2.38. The number of pyridine rings is 1. The van der Waals surface area contributed by atoms with Gasteiger partial charge in [-0.25, -0.2) is 0 Å². The Morgan fingerprint density at radius 3 is 2.39 bits per heavy atom. The normalized spacial score (nSPS) is 10.8. The predicted octanol–water partition coefficient (Wildman–Crippen LogP) is 4.41. The highest BCUT2D eigenvalue weighted by atomic mass is 16.2. The zero-order valence-corrected chi connectivity index (χ0v) is 14.3. The van der Waals surface area contributed by atoms with Crippen LogP contribution in [0.4, 0.5) is 5.69 Å². The minimum absolute atomic E-state index is 0.106. The first-order valence-corrected chi connectivity index (χ1v) is 8.41. The van der Waals surface area contributed by atoms with E-state index in [-0.39, 0.29) is 11.9 Å². The number of nitrogens with zero attached hydrogens (tertiary/aromatic N) is 2. The number of anilines is 1. The van der Waals surface area contributed by atoms with Gasteiger partial charge in [0.2, 0.25) is 5.91 Å². The summed E-state index contributed by atoms with van der Waals surface area (Å²) in [5, 5.41) is 0. The van der Waals surface area contributed by atoms with Crippen LogP contribution in [-0.2, 0) is 17.6 Å². The Morgan fingerprint density at radius 1 is 1.13 bits per heavy atom. The Hall–Kier alpha value is -2.16. The Bertz CT molecular complexity index is 605. The van der Waals surface area contributed by atoms with Gasteiger partial charge in [0.15, 0.2) is 0 Å². The van der Waals surface area contributed by atoms with Gasteiger partial charge < -0.3 is 4.90 Å². The fourth-order valence-corrected chi connectivity index (χ4v) is 2.69. The van der Waals surface area contributed by atoms with E-state index in [1.54, 1.807) is 12.4 Å². The highest BCUT2D eigenvalue weighted by molar-refractivity contribution is 5.95. The molecule has 0 N–H and O–H groups in total. The Labute approximate surface area is 139 Å². The molecule has 1 amide bonds. The van der Waals surface area contributed by atoms with Crippen LogP contribution in [0.2, 0.25) is 0 Å². The minimum Gasteiger partial charge on any atom is -0.308 e. The number of unbranched alkanes of at least 4 members (excludes halogenated alkanes) is 1. The topological polar surface area (TPSA) is 33.2 Å². The van der Waals surface area contributed by atoms with E-state index in [0.29, 0.717) is 6.42 Å². The summed E-state index contributed by atoms with van der Waals surface area (Å²) in [5.74, 6) is 0.106. The summed E-state index contributed by atoms with van der Waals surface area (Å²) in [6.07, 6.45) is 7.40. The molecule has 0 aliphatic heterocycles. The maximum atomic E-state index is 12.7. The first-order chi connectivity index (χ1) is 11.1. The smallest absolute Gasteiger partial charge is 0.231 e. The van der Waals surface area contributed by atoms with Crippen molar-refractivity contribution in [2.24, 2.45) is 0 Å². The fraction of sp³-hybridized carbons (Fsp3) is 0.400. The van der Waals surface area contributed by atoms with E-state index < -0.39 is 0 Å². The molecule has 122 valence electrons. The monoisotopic (exact) mass is 310 g/mol. The molecule has 0 fully saturated rings. The summed E-state index contributed by atoms with van der Waals surface area (Å²) < 4.78 is 0. The van der Waals surface area contributed by atoms with E-state index in [1.807, 2.05) is 30.9 Å². The van der Waals surface area contributed by atoms with Gasteiger partial charge in [0.25, 0.3) is 0 Å². The zero-order valence-electron chi connectivity index (χ0n) is 14.3. The average Bonchev–Trinajstić information content (AvgIpc) is 2.55. The predicted molar refractivity (Wildman–Crippen MR) is 95.6 cm³/mol. The van der Waals surface area contributed by atoms with Crippen molar-refractivity contribution in [3.05, 3.63) is 59.9 Å². The van der Waals surface area contributed by atoms with Gasteiger partial charge in [-0.15, -0.1) is 0 Å². The number of aromatic nitrogens is 1. The summed E-state index contributed by atoms with van der Waals surface area (Å²) in [5.41, 5.74) is 3.26. The van der Waals surface area contributed by atoms with Crippen LogP contribution in [0.1, 0.15) is 44.7 Å². The molecule has 1 aromatic heterocycles. The van der Waals surface area contributed by atoms with Crippen LogP contribution in [-0.4, -0.2) is 16.9 Å². The zero-order chi connectivity index (χ0) is 16.7. The molecule has 3 heteroatoms. The van der Waals surface area contributed by atoms with Crippen LogP contribution < -0.4 is 4.90 Å². The SMILES string of the molecule is CCCCc1ccc(CC(=O)N(c2cccnc2)C(C)C)cc1. The second kappa shape index (κ2) is 8.47. The van der Waals surface area contributed by atoms with E-state index in [2.05, 4.69) is 36.2 Å². The van der Waals surface area contributed by atoms with Crippen LogP contribution in [0.3, 0.4) is 0 Å². The van der Waals surface area contributed by atoms with Gasteiger partial charge >= 0.3 is 0 Å². The third kappa shape index (κ3) is 4.92. The molecule has 1 aromatic carbocycles. The molecule has 0 bridgehead atoms. The van der Waals surface area contributed by atoms with Crippen molar-refractivity contribution in [1.29, 1.82) is 0 Å². The number of amides is 1. The van der Waals surface area contributed by atoms with Gasteiger partial charge in [-0.3, -0.25) is 9.78 Å². The molecule has 1 heterocycles. The molecule has 0 saturated carbocycles. The minimum atomic E-state index is 0.106. The van der Waals surface area contributed by atoms with Crippen LogP contribution in [0.15, 0.2) is 48.8 Å². The molecule has 0 aliphatic carbocycles. The number of carbonyl (C=O) groups is 1. The van der Waals surface area contributed by atoms with E-state index >= 15 is 0 Å². The van der Waals surface area contributed by atoms with Gasteiger partial charge in [0.1, 0.15) is 0 Å². The maximum Gasteiger partial charge on any atom is 0.231 e. The van der Waals surface area contributed by atoms with Crippen molar-refractivity contribution < 1.29 is 4.79 Å². The Balaban J connectivity index is 2.07. The summed E-state index contributed by atoms with van der Waals surface area (Å²) in [4.78, 5) is 18.7. The quantitative estimate of drug-likeness (QED) is 0.759. The number of carbonyl (C=O) groups excluding carboxylic acids is 1. The first-order valence-electron chi connectivity index (χ1n) is 8.41. The summed E-state index contributed by atoms with van der Waals surface area (Å²) in [7, 11) is 0. The van der Waals surface area contributed by atoms with Crippen LogP contribution in [0.5, 0.6) is 0 Å². The third-order valence-corrected chi connectivity index (χ3v) is 3.91. The van der Waals surface area contributed by atoms with Crippen molar-refractivity contribution in [1.82, 2.24) is 4.98 Å². The molecule has 0 unspecified atom stereocenters. The molecule has 2 aromatic rings. The summed E-state index contributed by atoms with van der Waals surface area (Å²) in [6.45, 7) is 6.25. The van der Waals surface area contributed by atoms with Crippen molar-refractivity contribution >= 4 is 11.6 Å². The molecular formula is C20H26N2O. The maximum absolute atomic E-state index is 12.7. The lowest BCUT2D eigenvalue weighted by Gasteiger charge is -2.26. The van der Waals surface area contributed by atoms with E-state index in [0.717, 1.165) is 17.7 Å². The lowest BCUT2D eigenvalue weighted by molar-refractivity contribution is -0.118. The van der Waals surface area contributed by atoms with Crippen molar-refractivity contribution in [3.8, 4) is 0 Å². The summed E-state index contributed by atoms with van der Waals surface area (Å²) in [6, 6.07) is 12.3. The standard InChI is InChI=1S/C20H26N2O/c1-4-5-7-17-9-11-18(12-10-17)14-20(23)22(16(2)3)19-8-6-13-21-15-19/h6,8-13,15-16H,4-5,7,14H2,1-3H3. The molecule has 2 rings (SSSR count). The number of aryl methyl sites for hydroxylation is 1. The first kappa shape index (κ1) is 17.2. The molecule has 0 radical (unpaired) electrons. The fourth-order valence-electron chi connectivity index (χ4n) is 2.69. The largest absolute Gasteiger partial charge is 0.308 e. The number of rotatable bonds is 7. The number of hydrogen-bond acceptors (Lipinski definition) is 2. The molecule has 0 atom stereocenters. The van der Waals surface area contributed by atoms with Gasteiger partial charge in [-0.2, -0.15) is 0 Å². The second-order valence-corrected chi connectivity index (χ2v) is 6.17. The van der Waals surface area contributed by atoms with Gasteiger partial charge in [0, 0.05) is 12.2 Å². The molecular weight excluding hydrogens is 284 g/mol. The molecule has 23 heavy (non-hydrogen) atoms. The van der Waals surface area contributed by atoms with Gasteiger partial charge in [-0.1, -0.05) is 37.6 Å². The third-order valence-electron chi connectivity index (χ3n) is 3.91. The van der Waals surface area contributed by atoms with Crippen LogP contribution in [0, 0.1) is 0 Å². The second-order valence-electron chi connectivity index (χ2n) is 6.17. The highest BCUT2D eigenvalue weighted by Crippen LogP contribution is 2.17. The molecule has 3 nitrogen and oxygen atoms in total. The molecule has 0 aliphatic rings. The van der Waals surface area contributed by atoms with Gasteiger partial charge in [0.05, 0.1) is 18.3 Å². The van der Waals surface area contributed by atoms with Gasteiger partial charge in [-0.05, 0) is 49.9 Å². The average molecular weight is 310 g/mol. The van der Waals surface area contributed by atoms with E-state index in [9.17, 15) is 4.79 Å². The van der Waals surface area contributed by atoms with E-state index in [4.69, 9.17) is 0 Å². The van der Waals surface area contributed by atoms with E-state index in [1.165, 1.54) is 18.4 Å². The number of hydrogen-bond donors (Lipinski definition) is 0. The van der Waals surface area contributed by atoms with Crippen LogP contribution in [0.25, 0.3) is 0 Å². The molecule has 0 spiro atoms. The highest BCUT2D eigenvalue weighted by Gasteiger charge is 2.19. The molecule has 0 saturated heterocycles. The summed E-state index contributed by atoms with van der Waals surface area (Å²) >= 11 is 0.